The summed E-state index contributed by atoms with van der Waals surface area (Å²) in [5.74, 6) is -1.13. The molecule has 0 spiro atoms. The number of amides is 1. The maximum absolute atomic E-state index is 12.9. The average molecular weight is 338 g/mol. The normalized spacial score (nSPS) is 29.7. The SMILES string of the molecule is CC1(C)O[C@@H](C=O)[C@H](C(=O)N2CCC[C@@H]2c2cccc(Cl)c2)O1. The summed E-state index contributed by atoms with van der Waals surface area (Å²) in [6.07, 6.45) is 0.669. The van der Waals surface area contributed by atoms with Crippen molar-refractivity contribution < 1.29 is 19.1 Å². The lowest BCUT2D eigenvalue weighted by Gasteiger charge is -2.28. The third kappa shape index (κ3) is 3.27. The molecule has 0 aliphatic carbocycles. The maximum Gasteiger partial charge on any atom is 0.255 e. The van der Waals surface area contributed by atoms with Crippen molar-refractivity contribution in [2.75, 3.05) is 6.54 Å². The van der Waals surface area contributed by atoms with Gasteiger partial charge in [0.05, 0.1) is 6.04 Å². The van der Waals surface area contributed by atoms with Crippen LogP contribution in [-0.4, -0.2) is 41.6 Å². The Morgan fingerprint density at radius 1 is 1.39 bits per heavy atom. The third-order valence-electron chi connectivity index (χ3n) is 4.28. The van der Waals surface area contributed by atoms with Crippen LogP contribution in [0.3, 0.4) is 0 Å². The van der Waals surface area contributed by atoms with Crippen LogP contribution in [0.2, 0.25) is 5.02 Å². The fourth-order valence-electron chi connectivity index (χ4n) is 3.33. The summed E-state index contributed by atoms with van der Waals surface area (Å²) in [4.78, 5) is 25.9. The molecule has 0 bridgehead atoms. The molecule has 3 atom stereocenters. The number of rotatable bonds is 3. The fourth-order valence-corrected chi connectivity index (χ4v) is 3.53. The summed E-state index contributed by atoms with van der Waals surface area (Å²) < 4.78 is 11.2. The smallest absolute Gasteiger partial charge is 0.255 e. The van der Waals surface area contributed by atoms with E-state index < -0.39 is 18.0 Å². The van der Waals surface area contributed by atoms with Gasteiger partial charge in [-0.2, -0.15) is 0 Å². The Hall–Kier alpha value is -1.43. The van der Waals surface area contributed by atoms with Crippen molar-refractivity contribution in [2.24, 2.45) is 0 Å². The number of likely N-dealkylation sites (tertiary alicyclic amines) is 1. The maximum atomic E-state index is 12.9. The van der Waals surface area contributed by atoms with Crippen molar-refractivity contribution in [2.45, 2.75) is 50.7 Å². The topological polar surface area (TPSA) is 55.8 Å². The first kappa shape index (κ1) is 16.4. The highest BCUT2D eigenvalue weighted by Gasteiger charge is 2.48. The number of halogens is 1. The van der Waals surface area contributed by atoms with Crippen molar-refractivity contribution >= 4 is 23.8 Å². The van der Waals surface area contributed by atoms with E-state index in [4.69, 9.17) is 21.1 Å². The molecule has 124 valence electrons. The van der Waals surface area contributed by atoms with E-state index in [0.29, 0.717) is 17.9 Å². The summed E-state index contributed by atoms with van der Waals surface area (Å²) >= 11 is 6.07. The van der Waals surface area contributed by atoms with E-state index in [1.54, 1.807) is 18.7 Å². The fraction of sp³-hybridized carbons (Fsp3) is 0.529. The van der Waals surface area contributed by atoms with Crippen molar-refractivity contribution in [1.29, 1.82) is 0 Å². The van der Waals surface area contributed by atoms with Gasteiger partial charge in [-0.25, -0.2) is 0 Å². The first-order chi connectivity index (χ1) is 10.9. The molecular formula is C17H20ClNO4. The Morgan fingerprint density at radius 2 is 2.17 bits per heavy atom. The third-order valence-corrected chi connectivity index (χ3v) is 4.51. The molecule has 23 heavy (non-hydrogen) atoms. The van der Waals surface area contributed by atoms with E-state index >= 15 is 0 Å². The van der Waals surface area contributed by atoms with Crippen molar-refractivity contribution in [3.8, 4) is 0 Å². The van der Waals surface area contributed by atoms with E-state index in [1.807, 2.05) is 24.3 Å². The van der Waals surface area contributed by atoms with Gasteiger partial charge in [0, 0.05) is 11.6 Å². The number of benzene rings is 1. The predicted octanol–water partition coefficient (Wildman–Crippen LogP) is 2.72. The monoisotopic (exact) mass is 337 g/mol. The molecule has 0 saturated carbocycles. The van der Waals surface area contributed by atoms with E-state index in [2.05, 4.69) is 0 Å². The largest absolute Gasteiger partial charge is 0.336 e. The predicted molar refractivity (Wildman–Crippen MR) is 85.0 cm³/mol. The molecule has 2 fully saturated rings. The number of aldehydes is 1. The molecule has 2 aliphatic heterocycles. The highest BCUT2D eigenvalue weighted by molar-refractivity contribution is 6.30. The van der Waals surface area contributed by atoms with Gasteiger partial charge in [-0.3, -0.25) is 4.79 Å². The van der Waals surface area contributed by atoms with Crippen LogP contribution >= 0.6 is 11.6 Å². The van der Waals surface area contributed by atoms with Gasteiger partial charge in [0.25, 0.3) is 5.91 Å². The summed E-state index contributed by atoms with van der Waals surface area (Å²) in [5.41, 5.74) is 1.00. The van der Waals surface area contributed by atoms with E-state index in [1.165, 1.54) is 0 Å². The number of hydrogen-bond donors (Lipinski definition) is 0. The molecule has 0 aromatic heterocycles. The minimum absolute atomic E-state index is 0.0409. The highest BCUT2D eigenvalue weighted by atomic mass is 35.5. The molecule has 1 amide bonds. The summed E-state index contributed by atoms with van der Waals surface area (Å²) in [5, 5.41) is 0.647. The molecule has 0 radical (unpaired) electrons. The Labute approximate surface area is 140 Å². The summed E-state index contributed by atoms with van der Waals surface area (Å²) in [6, 6.07) is 7.50. The van der Waals surface area contributed by atoms with Gasteiger partial charge in [-0.15, -0.1) is 0 Å². The van der Waals surface area contributed by atoms with Crippen LogP contribution in [0.1, 0.15) is 38.3 Å². The van der Waals surface area contributed by atoms with E-state index in [0.717, 1.165) is 18.4 Å². The first-order valence-corrected chi connectivity index (χ1v) is 8.16. The van der Waals surface area contributed by atoms with Crippen molar-refractivity contribution in [3.05, 3.63) is 34.9 Å². The van der Waals surface area contributed by atoms with Crippen LogP contribution in [0.15, 0.2) is 24.3 Å². The molecule has 0 unspecified atom stereocenters. The van der Waals surface area contributed by atoms with Crippen LogP contribution in [0.25, 0.3) is 0 Å². The van der Waals surface area contributed by atoms with Gasteiger partial charge in [-0.1, -0.05) is 23.7 Å². The van der Waals surface area contributed by atoms with Crippen molar-refractivity contribution in [1.82, 2.24) is 4.90 Å². The second-order valence-electron chi connectivity index (χ2n) is 6.40. The minimum atomic E-state index is -0.933. The standard InChI is InChI=1S/C17H20ClNO4/c1-17(2)22-14(10-20)15(23-17)16(21)19-8-4-7-13(19)11-5-3-6-12(18)9-11/h3,5-6,9-10,13-15H,4,7-8H2,1-2H3/t13-,14+,15-/m1/s1. The minimum Gasteiger partial charge on any atom is -0.336 e. The zero-order valence-electron chi connectivity index (χ0n) is 13.2. The van der Waals surface area contributed by atoms with Gasteiger partial charge in [0.2, 0.25) is 0 Å². The van der Waals surface area contributed by atoms with Gasteiger partial charge < -0.3 is 19.2 Å². The van der Waals surface area contributed by atoms with Crippen LogP contribution in [0.5, 0.6) is 0 Å². The van der Waals surface area contributed by atoms with Gasteiger partial charge in [0.1, 0.15) is 0 Å². The van der Waals surface area contributed by atoms with E-state index in [9.17, 15) is 9.59 Å². The molecule has 2 aliphatic rings. The summed E-state index contributed by atoms with van der Waals surface area (Å²) in [7, 11) is 0. The Morgan fingerprint density at radius 3 is 2.87 bits per heavy atom. The van der Waals surface area contributed by atoms with Gasteiger partial charge in [-0.05, 0) is 44.4 Å². The summed E-state index contributed by atoms with van der Waals surface area (Å²) in [6.45, 7) is 4.05. The number of carbonyl (C=O) groups excluding carboxylic acids is 2. The molecule has 2 saturated heterocycles. The molecular weight excluding hydrogens is 318 g/mol. The Kier molecular flexibility index (Phi) is 4.45. The molecule has 5 nitrogen and oxygen atoms in total. The van der Waals surface area contributed by atoms with Crippen molar-refractivity contribution in [3.63, 3.8) is 0 Å². The molecule has 1 aromatic carbocycles. The molecule has 0 N–H and O–H groups in total. The lowest BCUT2D eigenvalue weighted by atomic mass is 10.0. The first-order valence-electron chi connectivity index (χ1n) is 7.78. The van der Waals surface area contributed by atoms with E-state index in [-0.39, 0.29) is 11.9 Å². The van der Waals surface area contributed by atoms with Crippen LogP contribution in [-0.2, 0) is 19.1 Å². The highest BCUT2D eigenvalue weighted by Crippen LogP contribution is 2.36. The zero-order chi connectivity index (χ0) is 16.6. The molecule has 1 aromatic rings. The van der Waals surface area contributed by atoms with Crippen LogP contribution in [0, 0.1) is 0 Å². The average Bonchev–Trinajstić information content (AvgIpc) is 3.10. The quantitative estimate of drug-likeness (QED) is 0.796. The Balaban J connectivity index is 1.82. The number of carbonyl (C=O) groups is 2. The second-order valence-corrected chi connectivity index (χ2v) is 6.84. The molecule has 2 heterocycles. The lowest BCUT2D eigenvalue weighted by Crippen LogP contribution is -2.44. The number of ether oxygens (including phenoxy) is 2. The number of nitrogens with zero attached hydrogens (tertiary/aromatic N) is 1. The van der Waals surface area contributed by atoms with Gasteiger partial charge >= 0.3 is 0 Å². The van der Waals surface area contributed by atoms with Crippen LogP contribution in [0.4, 0.5) is 0 Å². The Bertz CT molecular complexity index is 618. The van der Waals surface area contributed by atoms with Gasteiger partial charge in [0.15, 0.2) is 24.3 Å². The number of hydrogen-bond acceptors (Lipinski definition) is 4. The lowest BCUT2D eigenvalue weighted by molar-refractivity contribution is -0.162. The van der Waals surface area contributed by atoms with Crippen LogP contribution < -0.4 is 0 Å². The second kappa shape index (κ2) is 6.23. The zero-order valence-corrected chi connectivity index (χ0v) is 14.0. The molecule has 6 heteroatoms. The molecule has 3 rings (SSSR count).